The predicted octanol–water partition coefficient (Wildman–Crippen LogP) is 5.29. The third-order valence-electron chi connectivity index (χ3n) is 7.39. The van der Waals surface area contributed by atoms with E-state index in [0.29, 0.717) is 5.56 Å². The maximum absolute atomic E-state index is 14.0. The molecule has 8 nitrogen and oxygen atoms in total. The lowest BCUT2D eigenvalue weighted by atomic mass is 9.77. The molecule has 0 aromatic heterocycles. The fraction of sp³-hybridized carbons (Fsp3) is 0.147. The lowest BCUT2D eigenvalue weighted by molar-refractivity contribution is -0.131. The van der Waals surface area contributed by atoms with Crippen molar-refractivity contribution in [2.45, 2.75) is 29.3 Å². The molecular weight excluding hydrogens is 583 g/mol. The highest BCUT2D eigenvalue weighted by Gasteiger charge is 2.38. The Morgan fingerprint density at radius 2 is 1.25 bits per heavy atom. The molecule has 10 heteroatoms. The van der Waals surface area contributed by atoms with Crippen LogP contribution in [0.3, 0.4) is 0 Å². The minimum absolute atomic E-state index is 0.0967. The van der Waals surface area contributed by atoms with Crippen LogP contribution in [0.2, 0.25) is 0 Å². The molecule has 0 saturated heterocycles. The van der Waals surface area contributed by atoms with E-state index in [0.717, 1.165) is 16.7 Å². The van der Waals surface area contributed by atoms with Gasteiger partial charge >= 0.3 is 12.1 Å². The van der Waals surface area contributed by atoms with Gasteiger partial charge in [0, 0.05) is 6.42 Å². The van der Waals surface area contributed by atoms with Gasteiger partial charge in [-0.15, -0.1) is 0 Å². The first-order chi connectivity index (χ1) is 21.2. The van der Waals surface area contributed by atoms with Crippen LogP contribution in [-0.4, -0.2) is 39.1 Å². The highest BCUT2D eigenvalue weighted by atomic mass is 32.2. The fourth-order valence-corrected chi connectivity index (χ4v) is 6.72. The topological polar surface area (TPSA) is 119 Å². The molecular formula is C34H29FN2O6S. The SMILES string of the molecule is O=C(CC[C@H](NC(=O)OCC1=Cc2ccccc2S1(=O)=O)C(=O)F)NC(c1ccccc1)(c1ccccc1)c1ccccc1. The Balaban J connectivity index is 1.29. The van der Waals surface area contributed by atoms with Gasteiger partial charge in [-0.3, -0.25) is 9.59 Å². The van der Waals surface area contributed by atoms with Gasteiger partial charge in [0.25, 0.3) is 0 Å². The zero-order valence-electron chi connectivity index (χ0n) is 23.5. The Kier molecular flexibility index (Phi) is 9.01. The number of carbonyl (C=O) groups excluding carboxylic acids is 3. The second-order valence-electron chi connectivity index (χ2n) is 10.2. The average Bonchev–Trinajstić information content (AvgIpc) is 3.31. The van der Waals surface area contributed by atoms with Crippen molar-refractivity contribution in [3.63, 3.8) is 0 Å². The second kappa shape index (κ2) is 13.0. The number of sulfone groups is 1. The molecule has 5 rings (SSSR count). The summed E-state index contributed by atoms with van der Waals surface area (Å²) >= 11 is 0. The van der Waals surface area contributed by atoms with Crippen LogP contribution in [0.5, 0.6) is 0 Å². The van der Waals surface area contributed by atoms with Crippen molar-refractivity contribution in [1.29, 1.82) is 0 Å². The fourth-order valence-electron chi connectivity index (χ4n) is 5.25. The van der Waals surface area contributed by atoms with E-state index in [1.807, 2.05) is 91.0 Å². The largest absolute Gasteiger partial charge is 0.444 e. The standard InChI is InChI=1S/C34H29FN2O6S/c35-32(39)29(36-33(40)43-23-28-22-24-12-10-11-19-30(24)44(28,41)42)20-21-31(38)37-34(25-13-4-1-5-14-25,26-15-6-2-7-16-26)27-17-8-3-9-18-27/h1-19,22,29H,20-21,23H2,(H,36,40)(H,37,38)/t29-/m0/s1. The molecule has 4 aromatic carbocycles. The quantitative estimate of drug-likeness (QED) is 0.176. The Labute approximate surface area is 254 Å². The number of nitrogens with one attached hydrogen (secondary N) is 2. The molecule has 0 aliphatic carbocycles. The lowest BCUT2D eigenvalue weighted by Crippen LogP contribution is -2.48. The van der Waals surface area contributed by atoms with E-state index < -0.39 is 46.1 Å². The predicted molar refractivity (Wildman–Crippen MR) is 163 cm³/mol. The summed E-state index contributed by atoms with van der Waals surface area (Å²) in [5, 5.41) is 5.23. The van der Waals surface area contributed by atoms with Gasteiger partial charge in [-0.2, -0.15) is 4.39 Å². The Morgan fingerprint density at radius 3 is 1.75 bits per heavy atom. The van der Waals surface area contributed by atoms with Crippen molar-refractivity contribution in [3.05, 3.63) is 142 Å². The number of ether oxygens (including phenoxy) is 1. The summed E-state index contributed by atoms with van der Waals surface area (Å²) < 4.78 is 44.4. The molecule has 1 heterocycles. The van der Waals surface area contributed by atoms with Crippen molar-refractivity contribution in [1.82, 2.24) is 10.6 Å². The van der Waals surface area contributed by atoms with E-state index in [1.54, 1.807) is 18.2 Å². The number of hydrogen-bond acceptors (Lipinski definition) is 6. The van der Waals surface area contributed by atoms with E-state index in [9.17, 15) is 27.2 Å². The summed E-state index contributed by atoms with van der Waals surface area (Å²) in [7, 11) is -3.83. The van der Waals surface area contributed by atoms with Crippen LogP contribution in [0, 0.1) is 0 Å². The summed E-state index contributed by atoms with van der Waals surface area (Å²) in [6.07, 6.45) is -0.486. The molecule has 0 saturated carbocycles. The average molecular weight is 613 g/mol. The summed E-state index contributed by atoms with van der Waals surface area (Å²) in [5.74, 6) is -0.497. The van der Waals surface area contributed by atoms with E-state index in [2.05, 4.69) is 10.6 Å². The molecule has 1 aliphatic heterocycles. The number of fused-ring (bicyclic) bond motifs is 1. The number of rotatable bonds is 11. The molecule has 0 unspecified atom stereocenters. The lowest BCUT2D eigenvalue weighted by Gasteiger charge is -2.37. The maximum Gasteiger partial charge on any atom is 0.408 e. The third-order valence-corrected chi connectivity index (χ3v) is 9.27. The molecule has 2 amide bonds. The number of alkyl carbamates (subject to hydrolysis) is 1. The van der Waals surface area contributed by atoms with Gasteiger partial charge in [0.2, 0.25) is 15.7 Å². The highest BCUT2D eigenvalue weighted by molar-refractivity contribution is 7.95. The summed E-state index contributed by atoms with van der Waals surface area (Å²) in [6, 6.07) is 30.9. The Hall–Kier alpha value is -5.09. The Bertz CT molecular complexity index is 1700. The number of hydrogen-bond donors (Lipinski definition) is 2. The van der Waals surface area contributed by atoms with Gasteiger partial charge in [-0.05, 0) is 40.8 Å². The van der Waals surface area contributed by atoms with Crippen molar-refractivity contribution in [2.24, 2.45) is 0 Å². The first-order valence-corrected chi connectivity index (χ1v) is 15.3. The van der Waals surface area contributed by atoms with E-state index in [1.165, 1.54) is 12.1 Å². The van der Waals surface area contributed by atoms with Crippen LogP contribution < -0.4 is 10.6 Å². The summed E-state index contributed by atoms with van der Waals surface area (Å²) in [5.41, 5.74) is 1.70. The van der Waals surface area contributed by atoms with Crippen molar-refractivity contribution < 1.29 is 31.9 Å². The van der Waals surface area contributed by atoms with Crippen molar-refractivity contribution >= 4 is 34.0 Å². The zero-order valence-corrected chi connectivity index (χ0v) is 24.3. The molecule has 0 bridgehead atoms. The minimum atomic E-state index is -3.83. The van der Waals surface area contributed by atoms with Gasteiger partial charge in [0.1, 0.15) is 18.2 Å². The first kappa shape index (κ1) is 30.4. The van der Waals surface area contributed by atoms with Gasteiger partial charge in [-0.1, -0.05) is 109 Å². The molecule has 224 valence electrons. The number of benzene rings is 4. The number of carbonyl (C=O) groups is 3. The smallest absolute Gasteiger partial charge is 0.408 e. The maximum atomic E-state index is 14.0. The molecule has 44 heavy (non-hydrogen) atoms. The molecule has 0 fully saturated rings. The van der Waals surface area contributed by atoms with Crippen LogP contribution in [0.4, 0.5) is 9.18 Å². The van der Waals surface area contributed by atoms with Gasteiger partial charge < -0.3 is 15.4 Å². The molecule has 0 spiro atoms. The van der Waals surface area contributed by atoms with Gasteiger partial charge in [0.15, 0.2) is 0 Å². The van der Waals surface area contributed by atoms with Crippen LogP contribution in [0.25, 0.3) is 6.08 Å². The molecule has 1 atom stereocenters. The molecule has 0 radical (unpaired) electrons. The van der Waals surface area contributed by atoms with Crippen LogP contribution >= 0.6 is 0 Å². The molecule has 4 aromatic rings. The summed E-state index contributed by atoms with van der Waals surface area (Å²) in [6.45, 7) is -0.607. The normalized spacial score (nSPS) is 14.1. The monoisotopic (exact) mass is 612 g/mol. The van der Waals surface area contributed by atoms with E-state index in [4.69, 9.17) is 4.74 Å². The van der Waals surface area contributed by atoms with E-state index in [-0.39, 0.29) is 22.6 Å². The number of halogens is 1. The van der Waals surface area contributed by atoms with E-state index >= 15 is 0 Å². The third kappa shape index (κ3) is 6.30. The minimum Gasteiger partial charge on any atom is -0.444 e. The zero-order chi connectivity index (χ0) is 31.2. The van der Waals surface area contributed by atoms with Crippen LogP contribution in [-0.2, 0) is 29.7 Å². The van der Waals surface area contributed by atoms with Crippen LogP contribution in [0.15, 0.2) is 125 Å². The molecule has 1 aliphatic rings. The van der Waals surface area contributed by atoms with Crippen molar-refractivity contribution in [3.8, 4) is 0 Å². The number of amides is 2. The molecule has 2 N–H and O–H groups in total. The second-order valence-corrected chi connectivity index (χ2v) is 12.1. The Morgan fingerprint density at radius 1 is 0.750 bits per heavy atom. The highest BCUT2D eigenvalue weighted by Crippen LogP contribution is 2.37. The van der Waals surface area contributed by atoms with Crippen molar-refractivity contribution in [2.75, 3.05) is 6.61 Å². The van der Waals surface area contributed by atoms with Gasteiger partial charge in [-0.25, -0.2) is 13.2 Å². The van der Waals surface area contributed by atoms with Gasteiger partial charge in [0.05, 0.1) is 9.80 Å². The van der Waals surface area contributed by atoms with Crippen LogP contribution in [0.1, 0.15) is 35.1 Å². The first-order valence-electron chi connectivity index (χ1n) is 13.9. The summed E-state index contributed by atoms with van der Waals surface area (Å²) in [4.78, 5) is 37.7.